The molecule has 0 amide bonds. The van der Waals surface area contributed by atoms with Gasteiger partial charge in [0.1, 0.15) is 0 Å². The summed E-state index contributed by atoms with van der Waals surface area (Å²) in [7, 11) is 0. The Bertz CT molecular complexity index is 466. The minimum absolute atomic E-state index is 0. The Morgan fingerprint density at radius 1 is 0.613 bits per heavy atom. The van der Waals surface area contributed by atoms with E-state index in [9.17, 15) is 14.4 Å². The molecule has 0 aromatic rings. The molecule has 0 spiro atoms. The second-order valence-electron chi connectivity index (χ2n) is 4.93. The Morgan fingerprint density at radius 2 is 0.774 bits per heavy atom. The van der Waals surface area contributed by atoms with Crippen LogP contribution in [0.1, 0.15) is 48.5 Å². The Morgan fingerprint density at radius 3 is 0.871 bits per heavy atom. The molecular formula is C20H36O10Ti. The van der Waals surface area contributed by atoms with E-state index in [0.29, 0.717) is 19.8 Å². The topological polar surface area (TPSA) is 160 Å². The Labute approximate surface area is 199 Å². The van der Waals surface area contributed by atoms with Gasteiger partial charge < -0.3 is 34.6 Å². The largest absolute Gasteiger partial charge is 0.512 e. The number of rotatable bonds is 6. The summed E-state index contributed by atoms with van der Waals surface area (Å²) in [6.45, 7) is 12.3. The fourth-order valence-corrected chi connectivity index (χ4v) is 1.06. The van der Waals surface area contributed by atoms with Crippen LogP contribution >= 0.6 is 0 Å². The SMILES string of the molecule is CCO.CCOC(=O)C=C(C)O.CCOC(=O)C=C(C)O.CCOC(=O)C=C(C)O.[Ti]. The standard InChI is InChI=1S/3C6H10O3.C2H6O.Ti/c3*1-3-9-6(8)4-5(2)7;1-2-3;/h3*4,7H,3H2,1-2H3;3H,2H2,1H3;. The van der Waals surface area contributed by atoms with Crippen molar-refractivity contribution in [3.05, 3.63) is 35.5 Å². The van der Waals surface area contributed by atoms with Crippen LogP contribution in [-0.2, 0) is 50.3 Å². The summed E-state index contributed by atoms with van der Waals surface area (Å²) >= 11 is 0. The van der Waals surface area contributed by atoms with Gasteiger partial charge in [0.2, 0.25) is 0 Å². The zero-order valence-corrected chi connectivity index (χ0v) is 20.9. The van der Waals surface area contributed by atoms with Crippen molar-refractivity contribution in [3.8, 4) is 0 Å². The molecule has 180 valence electrons. The van der Waals surface area contributed by atoms with E-state index in [4.69, 9.17) is 20.4 Å². The van der Waals surface area contributed by atoms with Crippen LogP contribution in [0, 0.1) is 0 Å². The van der Waals surface area contributed by atoms with E-state index >= 15 is 0 Å². The summed E-state index contributed by atoms with van der Waals surface area (Å²) < 4.78 is 13.4. The third kappa shape index (κ3) is 52.3. The maximum atomic E-state index is 10.4. The molecule has 0 saturated heterocycles. The van der Waals surface area contributed by atoms with Gasteiger partial charge in [-0.15, -0.1) is 0 Å². The molecule has 0 saturated carbocycles. The molecule has 4 N–H and O–H groups in total. The van der Waals surface area contributed by atoms with Crippen molar-refractivity contribution >= 4 is 17.9 Å². The Kier molecular flexibility index (Phi) is 37.8. The molecular weight excluding hydrogens is 448 g/mol. The molecule has 11 heteroatoms. The smallest absolute Gasteiger partial charge is 0.334 e. The van der Waals surface area contributed by atoms with Crippen LogP contribution in [0.3, 0.4) is 0 Å². The van der Waals surface area contributed by atoms with Crippen molar-refractivity contribution in [1.82, 2.24) is 0 Å². The molecule has 0 bridgehead atoms. The van der Waals surface area contributed by atoms with Crippen molar-refractivity contribution in [2.45, 2.75) is 48.5 Å². The number of carbonyl (C=O) groups is 3. The van der Waals surface area contributed by atoms with E-state index in [0.717, 1.165) is 18.2 Å². The Balaban J connectivity index is -0.000000101. The maximum Gasteiger partial charge on any atom is 0.334 e. The van der Waals surface area contributed by atoms with Crippen LogP contribution in [0.15, 0.2) is 35.5 Å². The third-order valence-electron chi connectivity index (χ3n) is 1.84. The molecule has 0 aliphatic rings. The van der Waals surface area contributed by atoms with Gasteiger partial charge in [-0.05, 0) is 48.5 Å². The van der Waals surface area contributed by atoms with Crippen LogP contribution in [0.25, 0.3) is 0 Å². The summed E-state index contributed by atoms with van der Waals surface area (Å²) in [5, 5.41) is 33.1. The van der Waals surface area contributed by atoms with Crippen molar-refractivity contribution < 1.29 is 70.7 Å². The predicted molar refractivity (Wildman–Crippen MR) is 112 cm³/mol. The Hall–Kier alpha value is -2.30. The minimum Gasteiger partial charge on any atom is -0.512 e. The van der Waals surface area contributed by atoms with E-state index in [2.05, 4.69) is 14.2 Å². The molecule has 0 radical (unpaired) electrons. The van der Waals surface area contributed by atoms with Crippen LogP contribution in [0.2, 0.25) is 0 Å². The van der Waals surface area contributed by atoms with Gasteiger partial charge >= 0.3 is 17.9 Å². The molecule has 31 heavy (non-hydrogen) atoms. The van der Waals surface area contributed by atoms with Gasteiger partial charge in [0.15, 0.2) is 0 Å². The number of aliphatic hydroxyl groups excluding tert-OH is 4. The monoisotopic (exact) mass is 484 g/mol. The number of aliphatic hydroxyl groups is 4. The quantitative estimate of drug-likeness (QED) is 0.145. The minimum atomic E-state index is -0.502. The second kappa shape index (κ2) is 29.9. The van der Waals surface area contributed by atoms with E-state index < -0.39 is 17.9 Å². The zero-order valence-electron chi connectivity index (χ0n) is 19.3. The van der Waals surface area contributed by atoms with Gasteiger partial charge in [-0.1, -0.05) is 0 Å². The fraction of sp³-hybridized carbons (Fsp3) is 0.550. The molecule has 0 atom stereocenters. The first kappa shape index (κ1) is 39.2. The summed E-state index contributed by atoms with van der Waals surface area (Å²) in [6.07, 6.45) is 3.09. The molecule has 0 heterocycles. The maximum absolute atomic E-state index is 10.4. The van der Waals surface area contributed by atoms with Gasteiger partial charge in [-0.2, -0.15) is 0 Å². The van der Waals surface area contributed by atoms with Crippen molar-refractivity contribution in [2.75, 3.05) is 26.4 Å². The van der Waals surface area contributed by atoms with Gasteiger partial charge in [0.25, 0.3) is 0 Å². The zero-order chi connectivity index (χ0) is 24.5. The molecule has 0 aliphatic carbocycles. The van der Waals surface area contributed by atoms with Crippen molar-refractivity contribution in [1.29, 1.82) is 0 Å². The third-order valence-corrected chi connectivity index (χ3v) is 1.84. The van der Waals surface area contributed by atoms with E-state index in [-0.39, 0.29) is 45.6 Å². The average Bonchev–Trinajstić information content (AvgIpc) is 2.55. The number of allylic oxidation sites excluding steroid dienone is 3. The van der Waals surface area contributed by atoms with Gasteiger partial charge in [-0.25, -0.2) is 14.4 Å². The molecule has 0 aromatic heterocycles. The molecule has 0 rings (SSSR count). The molecule has 0 aliphatic heterocycles. The summed E-state index contributed by atoms with van der Waals surface area (Å²) in [6, 6.07) is 0. The van der Waals surface area contributed by atoms with Gasteiger partial charge in [0, 0.05) is 28.3 Å². The summed E-state index contributed by atoms with van der Waals surface area (Å²) in [5.74, 6) is -1.61. The fourth-order valence-electron chi connectivity index (χ4n) is 1.06. The molecule has 10 nitrogen and oxygen atoms in total. The van der Waals surface area contributed by atoms with Crippen molar-refractivity contribution in [3.63, 3.8) is 0 Å². The first-order valence-corrected chi connectivity index (χ1v) is 9.14. The first-order chi connectivity index (χ1) is 13.9. The van der Waals surface area contributed by atoms with Crippen LogP contribution in [0.4, 0.5) is 0 Å². The normalized spacial score (nSPS) is 10.3. The van der Waals surface area contributed by atoms with Crippen LogP contribution in [0.5, 0.6) is 0 Å². The number of esters is 3. The molecule has 0 fully saturated rings. The second-order valence-corrected chi connectivity index (χ2v) is 4.93. The van der Waals surface area contributed by atoms with Gasteiger partial charge in [0.05, 0.1) is 55.3 Å². The van der Waals surface area contributed by atoms with Gasteiger partial charge in [-0.3, -0.25) is 0 Å². The number of hydrogen-bond donors (Lipinski definition) is 4. The number of carbonyl (C=O) groups excluding carboxylic acids is 3. The van der Waals surface area contributed by atoms with E-state index in [1.54, 1.807) is 27.7 Å². The summed E-state index contributed by atoms with van der Waals surface area (Å²) in [4.78, 5) is 31.2. The molecule has 0 aromatic carbocycles. The van der Waals surface area contributed by atoms with E-state index in [1.165, 1.54) is 20.8 Å². The van der Waals surface area contributed by atoms with E-state index in [1.807, 2.05) is 0 Å². The number of ether oxygens (including phenoxy) is 3. The summed E-state index contributed by atoms with van der Waals surface area (Å²) in [5.41, 5.74) is 0. The van der Waals surface area contributed by atoms with Crippen LogP contribution < -0.4 is 0 Å². The number of hydrogen-bond acceptors (Lipinski definition) is 10. The molecule has 0 unspecified atom stereocenters. The average molecular weight is 484 g/mol. The first-order valence-electron chi connectivity index (χ1n) is 9.14. The predicted octanol–water partition coefficient (Wildman–Crippen LogP) is 3.03. The van der Waals surface area contributed by atoms with Crippen LogP contribution in [-0.4, -0.2) is 64.8 Å². The van der Waals surface area contributed by atoms with Crippen molar-refractivity contribution in [2.24, 2.45) is 0 Å².